The topological polar surface area (TPSA) is 32.3 Å². The maximum Gasteiger partial charge on any atom is 0.322 e. The summed E-state index contributed by atoms with van der Waals surface area (Å²) in [6, 6.07) is 11.6. The average Bonchev–Trinajstić information content (AvgIpc) is 2.92. The van der Waals surface area contributed by atoms with E-state index in [1.54, 1.807) is 11.3 Å². The predicted molar refractivity (Wildman–Crippen MR) is 80.5 cm³/mol. The minimum absolute atomic E-state index is 0.0424. The molecule has 0 bridgehead atoms. The number of hydrogen-bond donors (Lipinski definition) is 1. The Morgan fingerprint density at radius 1 is 1.26 bits per heavy atom. The molecular weight excluding hydrogens is 256 g/mol. The number of rotatable bonds is 5. The molecule has 0 aliphatic rings. The first kappa shape index (κ1) is 13.6. The van der Waals surface area contributed by atoms with Crippen LogP contribution in [0.3, 0.4) is 0 Å². The zero-order valence-corrected chi connectivity index (χ0v) is 11.8. The van der Waals surface area contributed by atoms with Crippen LogP contribution in [0.5, 0.6) is 0 Å². The third-order valence-electron chi connectivity index (χ3n) is 2.76. The molecular formula is C15H18N2OS. The first-order valence-electron chi connectivity index (χ1n) is 6.41. The fourth-order valence-electron chi connectivity index (χ4n) is 1.85. The minimum atomic E-state index is -0.0424. The van der Waals surface area contributed by atoms with Gasteiger partial charge in [0.15, 0.2) is 0 Å². The van der Waals surface area contributed by atoms with Gasteiger partial charge in [-0.05, 0) is 40.9 Å². The predicted octanol–water partition coefficient (Wildman–Crippen LogP) is 4.19. The summed E-state index contributed by atoms with van der Waals surface area (Å²) in [6.45, 7) is 3.50. The summed E-state index contributed by atoms with van der Waals surface area (Å²) in [5.74, 6) is 0. The van der Waals surface area contributed by atoms with Crippen molar-refractivity contribution in [3.05, 3.63) is 52.7 Å². The third-order valence-corrected chi connectivity index (χ3v) is 3.49. The molecule has 100 valence electrons. The van der Waals surface area contributed by atoms with Crippen molar-refractivity contribution in [1.29, 1.82) is 0 Å². The molecule has 0 fully saturated rings. The first-order valence-corrected chi connectivity index (χ1v) is 7.36. The van der Waals surface area contributed by atoms with E-state index in [1.807, 2.05) is 40.6 Å². The fourth-order valence-corrected chi connectivity index (χ4v) is 2.51. The van der Waals surface area contributed by atoms with Gasteiger partial charge in [-0.1, -0.05) is 25.1 Å². The van der Waals surface area contributed by atoms with Gasteiger partial charge in [-0.3, -0.25) is 0 Å². The average molecular weight is 274 g/mol. The number of thiophene rings is 1. The SMILES string of the molecule is CCCN(Cc1ccsc1)C(=O)Nc1ccccc1. The van der Waals surface area contributed by atoms with Crippen molar-refractivity contribution in [2.24, 2.45) is 0 Å². The Kier molecular flexibility index (Phi) is 4.98. The van der Waals surface area contributed by atoms with Crippen LogP contribution in [0.2, 0.25) is 0 Å². The van der Waals surface area contributed by atoms with E-state index in [0.29, 0.717) is 6.54 Å². The smallest absolute Gasteiger partial charge is 0.320 e. The van der Waals surface area contributed by atoms with Gasteiger partial charge in [-0.2, -0.15) is 11.3 Å². The Morgan fingerprint density at radius 2 is 2.05 bits per heavy atom. The number of nitrogens with one attached hydrogen (secondary N) is 1. The number of amides is 2. The highest BCUT2D eigenvalue weighted by Crippen LogP contribution is 2.12. The molecule has 0 atom stereocenters. The fraction of sp³-hybridized carbons (Fsp3) is 0.267. The Balaban J connectivity index is 2.00. The molecule has 0 radical (unpaired) electrons. The number of urea groups is 1. The highest BCUT2D eigenvalue weighted by atomic mass is 32.1. The Hall–Kier alpha value is -1.81. The Morgan fingerprint density at radius 3 is 2.68 bits per heavy atom. The summed E-state index contributed by atoms with van der Waals surface area (Å²) in [5.41, 5.74) is 2.01. The van der Waals surface area contributed by atoms with Crippen LogP contribution < -0.4 is 5.32 Å². The molecule has 1 N–H and O–H groups in total. The molecule has 0 saturated carbocycles. The van der Waals surface area contributed by atoms with Crippen LogP contribution in [0.25, 0.3) is 0 Å². The van der Waals surface area contributed by atoms with Gasteiger partial charge in [0.2, 0.25) is 0 Å². The van der Waals surface area contributed by atoms with Crippen molar-refractivity contribution in [3.63, 3.8) is 0 Å². The Bertz CT molecular complexity index is 496. The molecule has 0 unspecified atom stereocenters. The van der Waals surface area contributed by atoms with Crippen molar-refractivity contribution in [2.45, 2.75) is 19.9 Å². The van der Waals surface area contributed by atoms with Crippen LogP contribution in [-0.4, -0.2) is 17.5 Å². The number of benzene rings is 1. The molecule has 2 aromatic rings. The highest BCUT2D eigenvalue weighted by Gasteiger charge is 2.13. The van der Waals surface area contributed by atoms with Gasteiger partial charge < -0.3 is 10.2 Å². The number of carbonyl (C=O) groups is 1. The van der Waals surface area contributed by atoms with E-state index in [1.165, 1.54) is 5.56 Å². The van der Waals surface area contributed by atoms with E-state index in [0.717, 1.165) is 18.7 Å². The summed E-state index contributed by atoms with van der Waals surface area (Å²) in [7, 11) is 0. The van der Waals surface area contributed by atoms with E-state index >= 15 is 0 Å². The van der Waals surface area contributed by atoms with Gasteiger partial charge in [0.05, 0.1) is 0 Å². The number of carbonyl (C=O) groups excluding carboxylic acids is 1. The van der Waals surface area contributed by atoms with E-state index in [9.17, 15) is 4.79 Å². The largest absolute Gasteiger partial charge is 0.322 e. The van der Waals surface area contributed by atoms with Gasteiger partial charge in [-0.25, -0.2) is 4.79 Å². The zero-order chi connectivity index (χ0) is 13.5. The van der Waals surface area contributed by atoms with E-state index in [-0.39, 0.29) is 6.03 Å². The lowest BCUT2D eigenvalue weighted by atomic mass is 10.3. The molecule has 19 heavy (non-hydrogen) atoms. The van der Waals surface area contributed by atoms with Crippen molar-refractivity contribution in [2.75, 3.05) is 11.9 Å². The molecule has 3 nitrogen and oxygen atoms in total. The van der Waals surface area contributed by atoms with Gasteiger partial charge in [0.25, 0.3) is 0 Å². The third kappa shape index (κ3) is 4.10. The lowest BCUT2D eigenvalue weighted by molar-refractivity contribution is 0.209. The monoisotopic (exact) mass is 274 g/mol. The number of anilines is 1. The maximum atomic E-state index is 12.2. The van der Waals surface area contributed by atoms with Crippen LogP contribution >= 0.6 is 11.3 Å². The van der Waals surface area contributed by atoms with Crippen LogP contribution in [0, 0.1) is 0 Å². The standard InChI is InChI=1S/C15H18N2OS/c1-2-9-17(11-13-8-10-19-12-13)15(18)16-14-6-4-3-5-7-14/h3-8,10,12H,2,9,11H2,1H3,(H,16,18). The van der Waals surface area contributed by atoms with Gasteiger partial charge in [0, 0.05) is 18.8 Å². The van der Waals surface area contributed by atoms with Crippen LogP contribution in [0.1, 0.15) is 18.9 Å². The van der Waals surface area contributed by atoms with E-state index in [2.05, 4.69) is 23.7 Å². The summed E-state index contributed by atoms with van der Waals surface area (Å²) in [5, 5.41) is 7.05. The molecule has 2 amide bonds. The van der Waals surface area contributed by atoms with E-state index in [4.69, 9.17) is 0 Å². The van der Waals surface area contributed by atoms with Crippen molar-refractivity contribution in [3.8, 4) is 0 Å². The molecule has 0 saturated heterocycles. The summed E-state index contributed by atoms with van der Waals surface area (Å²) in [6.07, 6.45) is 0.951. The maximum absolute atomic E-state index is 12.2. The lowest BCUT2D eigenvalue weighted by Gasteiger charge is -2.22. The first-order chi connectivity index (χ1) is 9.29. The Labute approximate surface area is 117 Å². The molecule has 4 heteroatoms. The number of nitrogens with zero attached hydrogens (tertiary/aromatic N) is 1. The second-order valence-corrected chi connectivity index (χ2v) is 5.13. The zero-order valence-electron chi connectivity index (χ0n) is 11.0. The van der Waals surface area contributed by atoms with Crippen LogP contribution in [0.15, 0.2) is 47.2 Å². The number of para-hydroxylation sites is 1. The quantitative estimate of drug-likeness (QED) is 0.871. The molecule has 1 heterocycles. The van der Waals surface area contributed by atoms with Crippen LogP contribution in [-0.2, 0) is 6.54 Å². The summed E-state index contributed by atoms with van der Waals surface area (Å²) < 4.78 is 0. The second-order valence-electron chi connectivity index (χ2n) is 4.35. The minimum Gasteiger partial charge on any atom is -0.320 e. The molecule has 0 spiro atoms. The van der Waals surface area contributed by atoms with Gasteiger partial charge >= 0.3 is 6.03 Å². The molecule has 2 rings (SSSR count). The van der Waals surface area contributed by atoms with Gasteiger partial charge in [0.1, 0.15) is 0 Å². The van der Waals surface area contributed by atoms with Crippen LogP contribution in [0.4, 0.5) is 10.5 Å². The summed E-state index contributed by atoms with van der Waals surface area (Å²) >= 11 is 1.66. The van der Waals surface area contributed by atoms with Crippen molar-refractivity contribution < 1.29 is 4.79 Å². The summed E-state index contributed by atoms with van der Waals surface area (Å²) in [4.78, 5) is 14.1. The normalized spacial score (nSPS) is 10.2. The van der Waals surface area contributed by atoms with Crippen molar-refractivity contribution in [1.82, 2.24) is 4.90 Å². The highest BCUT2D eigenvalue weighted by molar-refractivity contribution is 7.07. The molecule has 1 aromatic heterocycles. The van der Waals surface area contributed by atoms with Gasteiger partial charge in [-0.15, -0.1) is 0 Å². The lowest BCUT2D eigenvalue weighted by Crippen LogP contribution is -2.34. The van der Waals surface area contributed by atoms with E-state index < -0.39 is 0 Å². The molecule has 1 aromatic carbocycles. The van der Waals surface area contributed by atoms with Crippen molar-refractivity contribution >= 4 is 23.1 Å². The molecule has 0 aliphatic carbocycles. The number of hydrogen-bond acceptors (Lipinski definition) is 2. The molecule has 0 aliphatic heterocycles. The second kappa shape index (κ2) is 6.95.